The van der Waals surface area contributed by atoms with Crippen molar-refractivity contribution in [2.24, 2.45) is 0 Å². The molecule has 2 heterocycles. The van der Waals surface area contributed by atoms with E-state index in [0.29, 0.717) is 18.2 Å². The first-order valence-corrected chi connectivity index (χ1v) is 6.36. The number of carbonyl (C=O) groups is 2. The fourth-order valence-corrected chi connectivity index (χ4v) is 2.37. The van der Waals surface area contributed by atoms with Gasteiger partial charge in [0.25, 0.3) is 0 Å². The van der Waals surface area contributed by atoms with E-state index in [-0.39, 0.29) is 16.4 Å². The Kier molecular flexibility index (Phi) is 3.91. The third kappa shape index (κ3) is 3.16. The molecule has 2 rings (SSSR count). The molecular weight excluding hydrogens is 268 g/mol. The number of nitrogens with one attached hydrogen (secondary N) is 1. The van der Waals surface area contributed by atoms with Crippen LogP contribution in [-0.2, 0) is 6.54 Å². The summed E-state index contributed by atoms with van der Waals surface area (Å²) in [4.78, 5) is 26.3. The lowest BCUT2D eigenvalue weighted by Crippen LogP contribution is -2.10. The van der Waals surface area contributed by atoms with E-state index in [4.69, 9.17) is 5.11 Å². The highest BCUT2D eigenvalue weighted by Crippen LogP contribution is 2.23. The van der Waals surface area contributed by atoms with Crippen LogP contribution < -0.4 is 5.32 Å². The van der Waals surface area contributed by atoms with Crippen molar-refractivity contribution in [1.82, 2.24) is 14.8 Å². The molecule has 0 unspecified atom stereocenters. The molecule has 0 aliphatic heterocycles. The van der Waals surface area contributed by atoms with Gasteiger partial charge in [-0.1, -0.05) is 11.3 Å². The van der Waals surface area contributed by atoms with Crippen LogP contribution in [0, 0.1) is 0 Å². The van der Waals surface area contributed by atoms with Gasteiger partial charge in [0.1, 0.15) is 4.88 Å². The summed E-state index contributed by atoms with van der Waals surface area (Å²) >= 11 is 1.05. The van der Waals surface area contributed by atoms with Crippen LogP contribution >= 0.6 is 11.3 Å². The van der Waals surface area contributed by atoms with Crippen molar-refractivity contribution in [2.75, 3.05) is 11.9 Å². The molecular formula is C11H12N4O3S. The molecule has 0 amide bonds. The Balaban J connectivity index is 2.02. The second kappa shape index (κ2) is 5.61. The SMILES string of the molecule is CC(=O)c1sc(NCCn2cccn2)nc1C(=O)O. The quantitative estimate of drug-likeness (QED) is 0.775. The molecule has 7 nitrogen and oxygen atoms in total. The van der Waals surface area contributed by atoms with E-state index in [0.717, 1.165) is 11.3 Å². The fourth-order valence-electron chi connectivity index (χ4n) is 1.49. The van der Waals surface area contributed by atoms with Gasteiger partial charge in [-0.05, 0) is 6.07 Å². The van der Waals surface area contributed by atoms with Crippen LogP contribution in [0.5, 0.6) is 0 Å². The predicted octanol–water partition coefficient (Wildman–Crippen LogP) is 1.35. The number of ketones is 1. The minimum atomic E-state index is -1.19. The number of aromatic nitrogens is 3. The molecule has 0 aliphatic rings. The van der Waals surface area contributed by atoms with Gasteiger partial charge in [-0.3, -0.25) is 9.48 Å². The normalized spacial score (nSPS) is 10.4. The van der Waals surface area contributed by atoms with Crippen LogP contribution in [0.4, 0.5) is 5.13 Å². The third-order valence-electron chi connectivity index (χ3n) is 2.33. The highest BCUT2D eigenvalue weighted by Gasteiger charge is 2.20. The Morgan fingerprint density at radius 2 is 2.32 bits per heavy atom. The molecule has 100 valence electrons. The summed E-state index contributed by atoms with van der Waals surface area (Å²) in [5.74, 6) is -1.49. The third-order valence-corrected chi connectivity index (χ3v) is 3.44. The molecule has 8 heteroatoms. The predicted molar refractivity (Wildman–Crippen MR) is 69.8 cm³/mol. The van der Waals surface area contributed by atoms with Gasteiger partial charge >= 0.3 is 5.97 Å². The smallest absolute Gasteiger partial charge is 0.356 e. The zero-order valence-corrected chi connectivity index (χ0v) is 11.0. The Hall–Kier alpha value is -2.22. The average Bonchev–Trinajstić information content (AvgIpc) is 2.97. The molecule has 0 spiro atoms. The molecule has 2 N–H and O–H groups in total. The molecule has 0 bridgehead atoms. The lowest BCUT2D eigenvalue weighted by molar-refractivity contribution is 0.0687. The van der Waals surface area contributed by atoms with Crippen molar-refractivity contribution >= 4 is 28.2 Å². The number of nitrogens with zero attached hydrogens (tertiary/aromatic N) is 3. The van der Waals surface area contributed by atoms with Crippen LogP contribution in [0.15, 0.2) is 18.5 Å². The summed E-state index contributed by atoms with van der Waals surface area (Å²) in [7, 11) is 0. The Labute approximate surface area is 112 Å². The van der Waals surface area contributed by atoms with Crippen LogP contribution in [0.1, 0.15) is 27.1 Å². The maximum absolute atomic E-state index is 11.3. The van der Waals surface area contributed by atoms with E-state index in [9.17, 15) is 9.59 Å². The van der Waals surface area contributed by atoms with Gasteiger partial charge in [-0.2, -0.15) is 5.10 Å². The van der Waals surface area contributed by atoms with Gasteiger partial charge in [0.05, 0.1) is 6.54 Å². The molecule has 0 aliphatic carbocycles. The second-order valence-corrected chi connectivity index (χ2v) is 4.75. The van der Waals surface area contributed by atoms with Gasteiger partial charge < -0.3 is 10.4 Å². The molecule has 0 radical (unpaired) electrons. The summed E-state index contributed by atoms with van der Waals surface area (Å²) in [6.07, 6.45) is 3.51. The molecule has 2 aromatic rings. The van der Waals surface area contributed by atoms with Crippen molar-refractivity contribution in [2.45, 2.75) is 13.5 Å². The zero-order chi connectivity index (χ0) is 13.8. The van der Waals surface area contributed by atoms with Gasteiger partial charge in [-0.25, -0.2) is 9.78 Å². The zero-order valence-electron chi connectivity index (χ0n) is 10.2. The van der Waals surface area contributed by atoms with Crippen LogP contribution in [0.25, 0.3) is 0 Å². The number of aromatic carboxylic acids is 1. The largest absolute Gasteiger partial charge is 0.476 e. The van der Waals surface area contributed by atoms with Crippen molar-refractivity contribution < 1.29 is 14.7 Å². The highest BCUT2D eigenvalue weighted by molar-refractivity contribution is 7.17. The standard InChI is InChI=1S/C11H12N4O3S/c1-7(16)9-8(10(17)18)14-11(19-9)12-4-6-15-5-2-3-13-15/h2-3,5H,4,6H2,1H3,(H,12,14)(H,17,18). The molecule has 19 heavy (non-hydrogen) atoms. The number of hydrogen-bond acceptors (Lipinski definition) is 6. The van der Waals surface area contributed by atoms with E-state index in [1.807, 2.05) is 12.3 Å². The molecule has 0 saturated carbocycles. The number of Topliss-reactive ketones (excluding diaryl/α,β-unsaturated/α-hetero) is 1. The summed E-state index contributed by atoms with van der Waals surface area (Å²) in [5.41, 5.74) is -0.195. The van der Waals surface area contributed by atoms with E-state index >= 15 is 0 Å². The number of thiazole rings is 1. The fraction of sp³-hybridized carbons (Fsp3) is 0.273. The number of carboxylic acid groups (broad SMARTS) is 1. The van der Waals surface area contributed by atoms with Crippen molar-refractivity contribution in [3.8, 4) is 0 Å². The highest BCUT2D eigenvalue weighted by atomic mass is 32.1. The Morgan fingerprint density at radius 1 is 1.53 bits per heavy atom. The summed E-state index contributed by atoms with van der Waals surface area (Å²) < 4.78 is 1.74. The minimum Gasteiger partial charge on any atom is -0.476 e. The van der Waals surface area contributed by atoms with Gasteiger partial charge in [0.2, 0.25) is 0 Å². The van der Waals surface area contributed by atoms with Crippen LogP contribution in [-0.4, -0.2) is 38.2 Å². The molecule has 0 atom stereocenters. The Morgan fingerprint density at radius 3 is 2.84 bits per heavy atom. The molecule has 0 saturated heterocycles. The maximum Gasteiger partial charge on any atom is 0.356 e. The molecule has 0 fully saturated rings. The number of anilines is 1. The lowest BCUT2D eigenvalue weighted by atomic mass is 10.3. The number of carbonyl (C=O) groups excluding carboxylic acids is 1. The van der Waals surface area contributed by atoms with Crippen LogP contribution in [0.2, 0.25) is 0 Å². The van der Waals surface area contributed by atoms with Gasteiger partial charge in [0.15, 0.2) is 16.6 Å². The van der Waals surface area contributed by atoms with E-state index in [1.165, 1.54) is 6.92 Å². The Bertz CT molecular complexity index is 560. The first kappa shape index (κ1) is 13.2. The molecule has 2 aromatic heterocycles. The van der Waals surface area contributed by atoms with Gasteiger partial charge in [0, 0.05) is 25.9 Å². The summed E-state index contributed by atoms with van der Waals surface area (Å²) in [6.45, 7) is 2.50. The van der Waals surface area contributed by atoms with E-state index < -0.39 is 5.97 Å². The first-order chi connectivity index (χ1) is 9.08. The van der Waals surface area contributed by atoms with Crippen molar-refractivity contribution in [3.63, 3.8) is 0 Å². The monoisotopic (exact) mass is 280 g/mol. The topological polar surface area (TPSA) is 97.1 Å². The van der Waals surface area contributed by atoms with Gasteiger partial charge in [-0.15, -0.1) is 0 Å². The van der Waals surface area contributed by atoms with Crippen molar-refractivity contribution in [3.05, 3.63) is 29.0 Å². The maximum atomic E-state index is 11.3. The first-order valence-electron chi connectivity index (χ1n) is 5.54. The number of hydrogen-bond donors (Lipinski definition) is 2. The summed E-state index contributed by atoms with van der Waals surface area (Å²) in [5, 5.41) is 16.4. The van der Waals surface area contributed by atoms with E-state index in [2.05, 4.69) is 15.4 Å². The van der Waals surface area contributed by atoms with Crippen LogP contribution in [0.3, 0.4) is 0 Å². The van der Waals surface area contributed by atoms with Crippen molar-refractivity contribution in [1.29, 1.82) is 0 Å². The number of carboxylic acids is 1. The summed E-state index contributed by atoms with van der Waals surface area (Å²) in [6, 6.07) is 1.82. The lowest BCUT2D eigenvalue weighted by Gasteiger charge is -2.02. The minimum absolute atomic E-state index is 0.161. The average molecular weight is 280 g/mol. The molecule has 0 aromatic carbocycles. The second-order valence-electron chi connectivity index (χ2n) is 3.75. The van der Waals surface area contributed by atoms with E-state index in [1.54, 1.807) is 10.9 Å². The number of rotatable bonds is 6.